The lowest BCUT2D eigenvalue weighted by molar-refractivity contribution is 0.670. The number of aromatic nitrogens is 2. The molecule has 3 nitrogen and oxygen atoms in total. The number of hydrogen-bond acceptors (Lipinski definition) is 2. The fraction of sp³-hybridized carbons (Fsp3) is 0. The number of rotatable bonds is 1. The van der Waals surface area contributed by atoms with Crippen molar-refractivity contribution in [1.29, 1.82) is 0 Å². The molecule has 0 bridgehead atoms. The summed E-state index contributed by atoms with van der Waals surface area (Å²) in [6, 6.07) is 14.3. The van der Waals surface area contributed by atoms with Gasteiger partial charge in [-0.1, -0.05) is 30.3 Å². The number of fused-ring (bicyclic) bond motifs is 3. The van der Waals surface area contributed by atoms with Gasteiger partial charge in [-0.15, -0.1) is 0 Å². The molecule has 3 heteroatoms. The van der Waals surface area contributed by atoms with E-state index in [4.69, 9.17) is 4.42 Å². The maximum absolute atomic E-state index is 5.96. The number of furan rings is 1. The van der Waals surface area contributed by atoms with Gasteiger partial charge in [-0.05, 0) is 12.1 Å². The Hall–Kier alpha value is -2.55. The Morgan fingerprint density at radius 1 is 0.944 bits per heavy atom. The topological polar surface area (TPSA) is 41.8 Å². The minimum Gasteiger partial charge on any atom is -0.455 e. The monoisotopic (exact) mass is 234 g/mol. The summed E-state index contributed by atoms with van der Waals surface area (Å²) in [5, 5.41) is 2.28. The summed E-state index contributed by atoms with van der Waals surface area (Å²) in [5.41, 5.74) is 3.84. The Labute approximate surface area is 103 Å². The van der Waals surface area contributed by atoms with Gasteiger partial charge >= 0.3 is 0 Å². The molecule has 0 radical (unpaired) electrons. The highest BCUT2D eigenvalue weighted by molar-refractivity contribution is 6.09. The largest absolute Gasteiger partial charge is 0.455 e. The molecule has 0 aliphatic carbocycles. The number of nitrogens with zero attached hydrogens (tertiary/aromatic N) is 1. The zero-order valence-corrected chi connectivity index (χ0v) is 9.55. The highest BCUT2D eigenvalue weighted by atomic mass is 16.3. The summed E-state index contributed by atoms with van der Waals surface area (Å²) in [4.78, 5) is 7.18. The second kappa shape index (κ2) is 3.47. The Kier molecular flexibility index (Phi) is 1.83. The number of aromatic amines is 1. The van der Waals surface area contributed by atoms with Gasteiger partial charge in [0, 0.05) is 16.3 Å². The number of para-hydroxylation sites is 2. The molecule has 86 valence electrons. The van der Waals surface area contributed by atoms with Crippen LogP contribution in [-0.4, -0.2) is 9.97 Å². The number of imidazole rings is 1. The SMILES string of the molecule is c1ccc2c(c1)oc1c(-c3cnc[nH]3)cccc12. The first kappa shape index (κ1) is 9.48. The van der Waals surface area contributed by atoms with Crippen molar-refractivity contribution >= 4 is 21.9 Å². The molecule has 0 fully saturated rings. The zero-order valence-electron chi connectivity index (χ0n) is 9.55. The summed E-state index contributed by atoms with van der Waals surface area (Å²) in [7, 11) is 0. The Morgan fingerprint density at radius 3 is 2.72 bits per heavy atom. The lowest BCUT2D eigenvalue weighted by Crippen LogP contribution is -1.77. The van der Waals surface area contributed by atoms with Crippen LogP contribution in [0, 0.1) is 0 Å². The minimum atomic E-state index is 0.906. The van der Waals surface area contributed by atoms with Crippen molar-refractivity contribution in [2.45, 2.75) is 0 Å². The maximum atomic E-state index is 5.96. The van der Waals surface area contributed by atoms with Crippen LogP contribution < -0.4 is 0 Å². The van der Waals surface area contributed by atoms with Crippen LogP contribution in [-0.2, 0) is 0 Å². The molecule has 2 aromatic carbocycles. The van der Waals surface area contributed by atoms with Gasteiger partial charge in [0.1, 0.15) is 11.2 Å². The van der Waals surface area contributed by atoms with E-state index in [9.17, 15) is 0 Å². The Bertz CT molecular complexity index is 828. The standard InChI is InChI=1S/C15H10N2O/c1-2-7-14-10(4-1)11-5-3-6-12(15(11)18-14)13-8-16-9-17-13/h1-9H,(H,16,17). The van der Waals surface area contributed by atoms with Crippen LogP contribution in [0.25, 0.3) is 33.2 Å². The predicted octanol–water partition coefficient (Wildman–Crippen LogP) is 3.98. The van der Waals surface area contributed by atoms with Crippen LogP contribution in [0.1, 0.15) is 0 Å². The van der Waals surface area contributed by atoms with Crippen molar-refractivity contribution in [3.63, 3.8) is 0 Å². The van der Waals surface area contributed by atoms with E-state index in [-0.39, 0.29) is 0 Å². The maximum Gasteiger partial charge on any atom is 0.144 e. The van der Waals surface area contributed by atoms with Crippen molar-refractivity contribution in [3.05, 3.63) is 55.0 Å². The molecular weight excluding hydrogens is 224 g/mol. The molecule has 4 rings (SSSR count). The van der Waals surface area contributed by atoms with Gasteiger partial charge in [-0.2, -0.15) is 0 Å². The molecule has 0 saturated carbocycles. The van der Waals surface area contributed by atoms with E-state index < -0.39 is 0 Å². The molecule has 0 unspecified atom stereocenters. The zero-order chi connectivity index (χ0) is 11.9. The molecule has 0 spiro atoms. The van der Waals surface area contributed by atoms with Crippen molar-refractivity contribution in [2.24, 2.45) is 0 Å². The van der Waals surface area contributed by atoms with Gasteiger partial charge in [0.25, 0.3) is 0 Å². The number of benzene rings is 2. The fourth-order valence-electron chi connectivity index (χ4n) is 2.36. The van der Waals surface area contributed by atoms with E-state index in [0.717, 1.165) is 33.2 Å². The van der Waals surface area contributed by atoms with Gasteiger partial charge in [0.2, 0.25) is 0 Å². The van der Waals surface area contributed by atoms with E-state index >= 15 is 0 Å². The third-order valence-corrected chi connectivity index (χ3v) is 3.19. The van der Waals surface area contributed by atoms with E-state index in [2.05, 4.69) is 22.1 Å². The van der Waals surface area contributed by atoms with Gasteiger partial charge in [-0.3, -0.25) is 0 Å². The summed E-state index contributed by atoms with van der Waals surface area (Å²) in [6.07, 6.45) is 3.48. The van der Waals surface area contributed by atoms with Crippen molar-refractivity contribution < 1.29 is 4.42 Å². The third kappa shape index (κ3) is 1.21. The van der Waals surface area contributed by atoms with Gasteiger partial charge in [0.15, 0.2) is 0 Å². The van der Waals surface area contributed by atoms with Crippen molar-refractivity contribution in [2.75, 3.05) is 0 Å². The van der Waals surface area contributed by atoms with E-state index in [1.807, 2.05) is 36.5 Å². The van der Waals surface area contributed by atoms with Crippen LogP contribution in [0.2, 0.25) is 0 Å². The number of hydrogen-bond donors (Lipinski definition) is 1. The third-order valence-electron chi connectivity index (χ3n) is 3.19. The molecule has 2 aromatic heterocycles. The van der Waals surface area contributed by atoms with E-state index in [1.165, 1.54) is 0 Å². The van der Waals surface area contributed by atoms with Gasteiger partial charge in [0.05, 0.1) is 18.2 Å². The first-order valence-electron chi connectivity index (χ1n) is 5.82. The summed E-state index contributed by atoms with van der Waals surface area (Å²) in [6.45, 7) is 0. The lowest BCUT2D eigenvalue weighted by atomic mass is 10.1. The molecule has 4 aromatic rings. The quantitative estimate of drug-likeness (QED) is 0.541. The molecule has 0 atom stereocenters. The van der Waals surface area contributed by atoms with Crippen LogP contribution in [0.15, 0.2) is 59.4 Å². The molecular formula is C15H10N2O. The average Bonchev–Trinajstić information content (AvgIpc) is 3.05. The number of nitrogens with one attached hydrogen (secondary N) is 1. The van der Waals surface area contributed by atoms with E-state index in [0.29, 0.717) is 0 Å². The molecule has 18 heavy (non-hydrogen) atoms. The van der Waals surface area contributed by atoms with Crippen molar-refractivity contribution in [1.82, 2.24) is 9.97 Å². The highest BCUT2D eigenvalue weighted by Crippen LogP contribution is 2.34. The molecule has 0 amide bonds. The first-order valence-corrected chi connectivity index (χ1v) is 5.82. The minimum absolute atomic E-state index is 0.906. The van der Waals surface area contributed by atoms with E-state index in [1.54, 1.807) is 6.33 Å². The predicted molar refractivity (Wildman–Crippen MR) is 71.3 cm³/mol. The summed E-state index contributed by atoms with van der Waals surface area (Å²) >= 11 is 0. The van der Waals surface area contributed by atoms with Crippen LogP contribution in [0.4, 0.5) is 0 Å². The molecule has 0 aliphatic heterocycles. The fourth-order valence-corrected chi connectivity index (χ4v) is 2.36. The van der Waals surface area contributed by atoms with Crippen LogP contribution in [0.3, 0.4) is 0 Å². The normalized spacial score (nSPS) is 11.3. The van der Waals surface area contributed by atoms with Crippen LogP contribution in [0.5, 0.6) is 0 Å². The van der Waals surface area contributed by atoms with Crippen LogP contribution >= 0.6 is 0 Å². The summed E-state index contributed by atoms with van der Waals surface area (Å²) in [5.74, 6) is 0. The smallest absolute Gasteiger partial charge is 0.144 e. The molecule has 2 heterocycles. The van der Waals surface area contributed by atoms with Gasteiger partial charge < -0.3 is 9.40 Å². The Morgan fingerprint density at radius 2 is 1.83 bits per heavy atom. The second-order valence-corrected chi connectivity index (χ2v) is 4.25. The Balaban J connectivity index is 2.17. The first-order chi connectivity index (χ1) is 8.93. The van der Waals surface area contributed by atoms with Gasteiger partial charge in [-0.25, -0.2) is 4.98 Å². The van der Waals surface area contributed by atoms with Crippen molar-refractivity contribution in [3.8, 4) is 11.3 Å². The second-order valence-electron chi connectivity index (χ2n) is 4.25. The lowest BCUT2D eigenvalue weighted by Gasteiger charge is -1.97. The highest BCUT2D eigenvalue weighted by Gasteiger charge is 2.11. The number of H-pyrrole nitrogens is 1. The molecule has 1 N–H and O–H groups in total. The molecule has 0 saturated heterocycles. The summed E-state index contributed by atoms with van der Waals surface area (Å²) < 4.78 is 5.96. The molecule has 0 aliphatic rings. The average molecular weight is 234 g/mol.